The summed E-state index contributed by atoms with van der Waals surface area (Å²) >= 11 is 1.62. The molecule has 0 saturated heterocycles. The maximum absolute atomic E-state index is 12.2. The summed E-state index contributed by atoms with van der Waals surface area (Å²) in [5.74, 6) is 0.218. The zero-order chi connectivity index (χ0) is 17.4. The SMILES string of the molecule is COc1ccc(NC(=O)/C(C#N)=C\Nc2cccc(SC)c2)cc1. The van der Waals surface area contributed by atoms with Gasteiger partial charge in [0.25, 0.3) is 5.91 Å². The first kappa shape index (κ1) is 17.4. The number of carbonyl (C=O) groups excluding carboxylic acids is 1. The lowest BCUT2D eigenvalue weighted by Gasteiger charge is -2.07. The van der Waals surface area contributed by atoms with Gasteiger partial charge in [-0.2, -0.15) is 5.26 Å². The molecular formula is C18H17N3O2S. The highest BCUT2D eigenvalue weighted by Gasteiger charge is 2.09. The summed E-state index contributed by atoms with van der Waals surface area (Å²) in [6, 6.07) is 16.5. The van der Waals surface area contributed by atoms with E-state index in [1.807, 2.05) is 36.6 Å². The molecule has 0 bridgehead atoms. The first-order chi connectivity index (χ1) is 11.7. The molecule has 0 heterocycles. The van der Waals surface area contributed by atoms with Gasteiger partial charge in [0.05, 0.1) is 7.11 Å². The number of methoxy groups -OCH3 is 1. The van der Waals surface area contributed by atoms with Crippen LogP contribution in [-0.2, 0) is 4.79 Å². The Bertz CT molecular complexity index is 780. The average molecular weight is 339 g/mol. The largest absolute Gasteiger partial charge is 0.497 e. The van der Waals surface area contributed by atoms with Crippen LogP contribution in [0.15, 0.2) is 65.2 Å². The summed E-state index contributed by atoms with van der Waals surface area (Å²) in [5, 5.41) is 14.8. The second-order valence-corrected chi connectivity index (χ2v) is 5.61. The number of benzene rings is 2. The quantitative estimate of drug-likeness (QED) is 0.475. The van der Waals surface area contributed by atoms with Gasteiger partial charge in [-0.15, -0.1) is 11.8 Å². The summed E-state index contributed by atoms with van der Waals surface area (Å²) < 4.78 is 5.06. The van der Waals surface area contributed by atoms with Crippen molar-refractivity contribution >= 4 is 29.0 Å². The van der Waals surface area contributed by atoms with Gasteiger partial charge in [0.1, 0.15) is 17.4 Å². The molecule has 5 nitrogen and oxygen atoms in total. The predicted molar refractivity (Wildman–Crippen MR) is 97.2 cm³/mol. The molecule has 0 spiro atoms. The Morgan fingerprint density at radius 1 is 1.21 bits per heavy atom. The lowest BCUT2D eigenvalue weighted by Crippen LogP contribution is -2.14. The van der Waals surface area contributed by atoms with Crippen LogP contribution in [0.5, 0.6) is 5.75 Å². The molecule has 2 rings (SSSR count). The van der Waals surface area contributed by atoms with Crippen molar-refractivity contribution in [1.29, 1.82) is 5.26 Å². The Labute approximate surface area is 145 Å². The molecule has 1 amide bonds. The number of thioether (sulfide) groups is 1. The molecule has 122 valence electrons. The highest BCUT2D eigenvalue weighted by molar-refractivity contribution is 7.98. The van der Waals surface area contributed by atoms with Crippen LogP contribution in [0, 0.1) is 11.3 Å². The molecule has 0 atom stereocenters. The van der Waals surface area contributed by atoms with Crippen LogP contribution >= 0.6 is 11.8 Å². The van der Waals surface area contributed by atoms with E-state index in [2.05, 4.69) is 10.6 Å². The van der Waals surface area contributed by atoms with Crippen molar-refractivity contribution in [3.05, 3.63) is 60.3 Å². The van der Waals surface area contributed by atoms with Crippen LogP contribution < -0.4 is 15.4 Å². The molecule has 0 aliphatic heterocycles. The Balaban J connectivity index is 2.05. The second-order valence-electron chi connectivity index (χ2n) is 4.73. The molecule has 0 saturated carbocycles. The number of hydrogen-bond donors (Lipinski definition) is 2. The topological polar surface area (TPSA) is 74.1 Å². The predicted octanol–water partition coefficient (Wildman–Crippen LogP) is 3.88. The van der Waals surface area contributed by atoms with E-state index in [1.165, 1.54) is 6.20 Å². The number of anilines is 2. The lowest BCUT2D eigenvalue weighted by atomic mass is 10.2. The van der Waals surface area contributed by atoms with Crippen molar-refractivity contribution < 1.29 is 9.53 Å². The van der Waals surface area contributed by atoms with E-state index in [0.717, 1.165) is 10.6 Å². The van der Waals surface area contributed by atoms with Crippen LogP contribution in [-0.4, -0.2) is 19.3 Å². The first-order valence-electron chi connectivity index (χ1n) is 7.12. The van der Waals surface area contributed by atoms with Gasteiger partial charge >= 0.3 is 0 Å². The smallest absolute Gasteiger partial charge is 0.267 e. The number of amides is 1. The molecule has 0 aromatic heterocycles. The van der Waals surface area contributed by atoms with E-state index in [1.54, 1.807) is 43.1 Å². The van der Waals surface area contributed by atoms with E-state index in [-0.39, 0.29) is 5.57 Å². The zero-order valence-electron chi connectivity index (χ0n) is 13.4. The fraction of sp³-hybridized carbons (Fsp3) is 0.111. The van der Waals surface area contributed by atoms with Crippen LogP contribution in [0.3, 0.4) is 0 Å². The Morgan fingerprint density at radius 2 is 1.96 bits per heavy atom. The van der Waals surface area contributed by atoms with Crippen molar-refractivity contribution in [3.8, 4) is 11.8 Å². The highest BCUT2D eigenvalue weighted by atomic mass is 32.2. The Hall–Kier alpha value is -2.91. The molecule has 2 aromatic carbocycles. The number of hydrogen-bond acceptors (Lipinski definition) is 5. The van der Waals surface area contributed by atoms with Gasteiger partial charge in [0.15, 0.2) is 0 Å². The van der Waals surface area contributed by atoms with Crippen LogP contribution in [0.25, 0.3) is 0 Å². The normalized spacial score (nSPS) is 10.6. The van der Waals surface area contributed by atoms with Gasteiger partial charge in [-0.3, -0.25) is 4.79 Å². The maximum atomic E-state index is 12.2. The average Bonchev–Trinajstić information content (AvgIpc) is 2.63. The third kappa shape index (κ3) is 4.80. The van der Waals surface area contributed by atoms with Gasteiger partial charge < -0.3 is 15.4 Å². The van der Waals surface area contributed by atoms with E-state index in [4.69, 9.17) is 4.74 Å². The molecular weight excluding hydrogens is 322 g/mol. The number of ether oxygens (including phenoxy) is 1. The van der Waals surface area contributed by atoms with Gasteiger partial charge in [-0.25, -0.2) is 0 Å². The minimum absolute atomic E-state index is 0.0135. The summed E-state index contributed by atoms with van der Waals surface area (Å²) in [6.07, 6.45) is 3.39. The molecule has 0 radical (unpaired) electrons. The number of nitrogens with zero attached hydrogens (tertiary/aromatic N) is 1. The summed E-state index contributed by atoms with van der Waals surface area (Å²) in [6.45, 7) is 0. The van der Waals surface area contributed by atoms with Gasteiger partial charge in [0.2, 0.25) is 0 Å². The van der Waals surface area contributed by atoms with Crippen molar-refractivity contribution in [2.24, 2.45) is 0 Å². The third-order valence-corrected chi connectivity index (χ3v) is 3.89. The fourth-order valence-electron chi connectivity index (χ4n) is 1.89. The lowest BCUT2D eigenvalue weighted by molar-refractivity contribution is -0.112. The van der Waals surface area contributed by atoms with E-state index in [0.29, 0.717) is 11.4 Å². The highest BCUT2D eigenvalue weighted by Crippen LogP contribution is 2.19. The van der Waals surface area contributed by atoms with Crippen molar-refractivity contribution in [1.82, 2.24) is 0 Å². The zero-order valence-corrected chi connectivity index (χ0v) is 14.2. The van der Waals surface area contributed by atoms with Gasteiger partial charge in [-0.05, 0) is 48.7 Å². The van der Waals surface area contributed by atoms with Gasteiger partial charge in [0, 0.05) is 22.5 Å². The number of rotatable bonds is 6. The van der Waals surface area contributed by atoms with Crippen molar-refractivity contribution in [2.45, 2.75) is 4.90 Å². The molecule has 2 aromatic rings. The summed E-state index contributed by atoms with van der Waals surface area (Å²) in [4.78, 5) is 13.3. The monoisotopic (exact) mass is 339 g/mol. The van der Waals surface area contributed by atoms with Crippen LogP contribution in [0.2, 0.25) is 0 Å². The number of nitriles is 1. The third-order valence-electron chi connectivity index (χ3n) is 3.17. The maximum Gasteiger partial charge on any atom is 0.267 e. The molecule has 24 heavy (non-hydrogen) atoms. The molecule has 0 unspecified atom stereocenters. The van der Waals surface area contributed by atoms with Crippen molar-refractivity contribution in [3.63, 3.8) is 0 Å². The Morgan fingerprint density at radius 3 is 2.58 bits per heavy atom. The van der Waals surface area contributed by atoms with E-state index >= 15 is 0 Å². The molecule has 2 N–H and O–H groups in total. The van der Waals surface area contributed by atoms with Crippen molar-refractivity contribution in [2.75, 3.05) is 24.0 Å². The standard InChI is InChI=1S/C18H17N3O2S/c1-23-16-8-6-14(7-9-16)21-18(22)13(11-19)12-20-15-4-3-5-17(10-15)24-2/h3-10,12,20H,1-2H3,(H,21,22)/b13-12-. The van der Waals surface area contributed by atoms with Gasteiger partial charge in [-0.1, -0.05) is 6.07 Å². The Kier molecular flexibility index (Phi) is 6.29. The molecule has 6 heteroatoms. The summed E-state index contributed by atoms with van der Waals surface area (Å²) in [7, 11) is 1.57. The van der Waals surface area contributed by atoms with E-state index < -0.39 is 5.91 Å². The van der Waals surface area contributed by atoms with E-state index in [9.17, 15) is 10.1 Å². The van der Waals surface area contributed by atoms with Crippen LogP contribution in [0.4, 0.5) is 11.4 Å². The fourth-order valence-corrected chi connectivity index (χ4v) is 2.35. The second kappa shape index (κ2) is 8.65. The molecule has 0 aliphatic rings. The minimum atomic E-state index is -0.476. The summed E-state index contributed by atoms with van der Waals surface area (Å²) in [5.41, 5.74) is 1.39. The number of nitrogens with one attached hydrogen (secondary N) is 2. The van der Waals surface area contributed by atoms with Crippen LogP contribution in [0.1, 0.15) is 0 Å². The molecule has 0 aliphatic carbocycles. The molecule has 0 fully saturated rings. The minimum Gasteiger partial charge on any atom is -0.497 e. The first-order valence-corrected chi connectivity index (χ1v) is 8.35. The number of carbonyl (C=O) groups is 1.